The number of rotatable bonds is 0. The molecule has 0 aliphatic heterocycles. The molecule has 3 rings (SSSR count). The Morgan fingerprint density at radius 1 is 0.600 bits per heavy atom. The standard InChI is InChI=1S/C14H9.Sn/c1-2-6-12-10-14-8-4-3-7-13(14)9-11(12)5-1;/h1-3,5-10H;. The number of fused-ring (bicyclic) bond motifs is 2. The average molecular weight is 296 g/mol. The van der Waals surface area contributed by atoms with E-state index in [-0.39, 0.29) is 0 Å². The Morgan fingerprint density at radius 3 is 1.93 bits per heavy atom. The molecule has 3 radical (unpaired) electrons. The molecule has 0 atom stereocenters. The molecule has 3 aromatic carbocycles. The van der Waals surface area contributed by atoms with Crippen molar-refractivity contribution in [2.24, 2.45) is 0 Å². The molecule has 15 heavy (non-hydrogen) atoms. The number of hydrogen-bond acceptors (Lipinski definition) is 0. The van der Waals surface area contributed by atoms with Crippen molar-refractivity contribution >= 4 is 47.6 Å². The molecule has 0 saturated heterocycles. The summed E-state index contributed by atoms with van der Waals surface area (Å²) in [6.07, 6.45) is 0. The molecule has 0 nitrogen and oxygen atoms in total. The SMILES string of the molecule is [Sn][c]1ccc2cc3ccccc3cc2c1. The van der Waals surface area contributed by atoms with E-state index in [0.717, 1.165) is 0 Å². The van der Waals surface area contributed by atoms with Crippen LogP contribution in [-0.2, 0) is 0 Å². The number of hydrogen-bond donors (Lipinski definition) is 0. The van der Waals surface area contributed by atoms with Crippen LogP contribution < -0.4 is 3.58 Å². The van der Waals surface area contributed by atoms with E-state index in [9.17, 15) is 0 Å². The Kier molecular flexibility index (Phi) is 2.17. The Hall–Kier alpha value is -1.02. The van der Waals surface area contributed by atoms with Crippen molar-refractivity contribution in [1.82, 2.24) is 0 Å². The van der Waals surface area contributed by atoms with Gasteiger partial charge < -0.3 is 0 Å². The molecular formula is C14H9Sn. The summed E-state index contributed by atoms with van der Waals surface area (Å²) in [5.41, 5.74) is 0. The summed E-state index contributed by atoms with van der Waals surface area (Å²) in [6.45, 7) is 0. The zero-order chi connectivity index (χ0) is 10.3. The molecule has 0 heterocycles. The van der Waals surface area contributed by atoms with Crippen LogP contribution in [0.5, 0.6) is 0 Å². The van der Waals surface area contributed by atoms with Crippen molar-refractivity contribution in [2.75, 3.05) is 0 Å². The predicted molar refractivity (Wildman–Crippen MR) is 66.8 cm³/mol. The van der Waals surface area contributed by atoms with E-state index >= 15 is 0 Å². The fourth-order valence-corrected chi connectivity index (χ4v) is 2.62. The summed E-state index contributed by atoms with van der Waals surface area (Å²) in [5, 5.41) is 5.33. The fraction of sp³-hybridized carbons (Fsp3) is 0. The second-order valence-corrected chi connectivity index (χ2v) is 5.41. The molecule has 1 heteroatoms. The van der Waals surface area contributed by atoms with Crippen molar-refractivity contribution < 1.29 is 0 Å². The Balaban J connectivity index is 2.47. The van der Waals surface area contributed by atoms with Gasteiger partial charge in [-0.2, -0.15) is 0 Å². The summed E-state index contributed by atoms with van der Waals surface area (Å²) in [7, 11) is 0. The van der Waals surface area contributed by atoms with Gasteiger partial charge in [0.05, 0.1) is 0 Å². The van der Waals surface area contributed by atoms with Gasteiger partial charge in [0.1, 0.15) is 0 Å². The monoisotopic (exact) mass is 297 g/mol. The van der Waals surface area contributed by atoms with Crippen molar-refractivity contribution in [2.45, 2.75) is 0 Å². The summed E-state index contributed by atoms with van der Waals surface area (Å²) in [4.78, 5) is 0. The van der Waals surface area contributed by atoms with Gasteiger partial charge in [-0.1, -0.05) is 0 Å². The third-order valence-electron chi connectivity index (χ3n) is 2.70. The maximum atomic E-state index is 2.28. The molecule has 0 bridgehead atoms. The zero-order valence-corrected chi connectivity index (χ0v) is 11.1. The van der Waals surface area contributed by atoms with Crippen LogP contribution in [0.4, 0.5) is 0 Å². The van der Waals surface area contributed by atoms with E-state index < -0.39 is 0 Å². The van der Waals surface area contributed by atoms with Crippen LogP contribution in [0.3, 0.4) is 0 Å². The summed E-state index contributed by atoms with van der Waals surface area (Å²) in [5.74, 6) is 0. The van der Waals surface area contributed by atoms with Gasteiger partial charge in [0.15, 0.2) is 0 Å². The van der Waals surface area contributed by atoms with Crippen LogP contribution in [0.2, 0.25) is 0 Å². The van der Waals surface area contributed by atoms with E-state index in [2.05, 4.69) is 54.6 Å². The van der Waals surface area contributed by atoms with Crippen molar-refractivity contribution in [3.8, 4) is 0 Å². The van der Waals surface area contributed by atoms with Crippen LogP contribution in [0.15, 0.2) is 54.6 Å². The Bertz CT molecular complexity index is 641. The predicted octanol–water partition coefficient (Wildman–Crippen LogP) is 2.79. The van der Waals surface area contributed by atoms with E-state index in [1.807, 2.05) is 0 Å². The van der Waals surface area contributed by atoms with E-state index in [4.69, 9.17) is 0 Å². The van der Waals surface area contributed by atoms with Crippen molar-refractivity contribution in [3.05, 3.63) is 54.6 Å². The third-order valence-corrected chi connectivity index (χ3v) is 3.59. The molecule has 0 aromatic heterocycles. The Labute approximate surface area is 102 Å². The summed E-state index contributed by atoms with van der Waals surface area (Å²) >= 11 is 1.48. The first-order valence-electron chi connectivity index (χ1n) is 4.97. The summed E-state index contributed by atoms with van der Waals surface area (Å²) in [6, 6.07) is 19.8. The van der Waals surface area contributed by atoms with Crippen molar-refractivity contribution in [1.29, 1.82) is 0 Å². The fourth-order valence-electron chi connectivity index (χ4n) is 1.94. The molecule has 0 spiro atoms. The maximum absolute atomic E-state index is 2.28. The topological polar surface area (TPSA) is 0 Å². The third kappa shape index (κ3) is 1.63. The molecule has 69 valence electrons. The second kappa shape index (κ2) is 3.53. The van der Waals surface area contributed by atoms with Gasteiger partial charge in [0.25, 0.3) is 0 Å². The molecular weight excluding hydrogens is 287 g/mol. The van der Waals surface area contributed by atoms with Gasteiger partial charge in [-0.15, -0.1) is 0 Å². The van der Waals surface area contributed by atoms with E-state index in [1.54, 1.807) is 0 Å². The van der Waals surface area contributed by atoms with Crippen LogP contribution in [0.25, 0.3) is 21.5 Å². The second-order valence-electron chi connectivity index (χ2n) is 3.76. The van der Waals surface area contributed by atoms with Crippen LogP contribution in [0, 0.1) is 0 Å². The van der Waals surface area contributed by atoms with Gasteiger partial charge in [-0.05, 0) is 0 Å². The van der Waals surface area contributed by atoms with Crippen LogP contribution in [-0.4, -0.2) is 22.5 Å². The van der Waals surface area contributed by atoms with E-state index in [0.29, 0.717) is 0 Å². The van der Waals surface area contributed by atoms with Gasteiger partial charge in [-0.25, -0.2) is 0 Å². The zero-order valence-electron chi connectivity index (χ0n) is 8.20. The molecule has 0 amide bonds. The first-order chi connectivity index (χ1) is 7.33. The van der Waals surface area contributed by atoms with E-state index in [1.165, 1.54) is 47.6 Å². The minimum absolute atomic E-state index is 1.32. The number of benzene rings is 3. The molecule has 0 fully saturated rings. The molecule has 3 aromatic rings. The van der Waals surface area contributed by atoms with Crippen LogP contribution in [0.1, 0.15) is 0 Å². The summed E-state index contributed by atoms with van der Waals surface area (Å²) < 4.78 is 1.41. The quantitative estimate of drug-likeness (QED) is 0.442. The molecule has 0 saturated carbocycles. The normalized spacial score (nSPS) is 11.0. The average Bonchev–Trinajstić information content (AvgIpc) is 2.26. The minimum atomic E-state index is 1.32. The molecule has 0 unspecified atom stereocenters. The van der Waals surface area contributed by atoms with Crippen molar-refractivity contribution in [3.63, 3.8) is 0 Å². The van der Waals surface area contributed by atoms with Gasteiger partial charge in [0, 0.05) is 0 Å². The molecule has 0 aliphatic carbocycles. The molecule has 0 aliphatic rings. The van der Waals surface area contributed by atoms with Crippen LogP contribution >= 0.6 is 0 Å². The van der Waals surface area contributed by atoms with Gasteiger partial charge in [0.2, 0.25) is 0 Å². The van der Waals surface area contributed by atoms with Gasteiger partial charge >= 0.3 is 102 Å². The van der Waals surface area contributed by atoms with Gasteiger partial charge in [-0.3, -0.25) is 0 Å². The first-order valence-corrected chi connectivity index (χ1v) is 6.40. The molecule has 0 N–H and O–H groups in total. The Morgan fingerprint density at radius 2 is 1.20 bits per heavy atom. The first kappa shape index (κ1) is 9.22.